The van der Waals surface area contributed by atoms with Gasteiger partial charge in [-0.2, -0.15) is 0 Å². The van der Waals surface area contributed by atoms with Crippen LogP contribution < -0.4 is 5.32 Å². The highest BCUT2D eigenvalue weighted by Crippen LogP contribution is 2.14. The molecular weight excluding hydrogens is 290 g/mol. The minimum Gasteiger partial charge on any atom is -0.345 e. The third kappa shape index (κ3) is 3.26. The Balaban J connectivity index is 1.78. The minimum absolute atomic E-state index is 0.162. The van der Waals surface area contributed by atoms with Crippen LogP contribution in [-0.2, 0) is 6.54 Å². The summed E-state index contributed by atoms with van der Waals surface area (Å²) in [6.07, 6.45) is 3.41. The lowest BCUT2D eigenvalue weighted by molar-refractivity contribution is 0.0940. The second-order valence-corrected chi connectivity index (χ2v) is 5.22. The SMILES string of the molecule is Cc1ccccc1-n1nc(C(=O)NCc2cccnc2)nc1C. The van der Waals surface area contributed by atoms with Gasteiger partial charge in [-0.05, 0) is 37.1 Å². The minimum atomic E-state index is -0.302. The van der Waals surface area contributed by atoms with Gasteiger partial charge in [-0.15, -0.1) is 5.10 Å². The zero-order valence-electron chi connectivity index (χ0n) is 13.0. The van der Waals surface area contributed by atoms with E-state index in [1.165, 1.54) is 0 Å². The first-order valence-corrected chi connectivity index (χ1v) is 7.32. The number of hydrogen-bond donors (Lipinski definition) is 1. The molecule has 1 N–H and O–H groups in total. The van der Waals surface area contributed by atoms with E-state index in [2.05, 4.69) is 20.4 Å². The second kappa shape index (κ2) is 6.39. The van der Waals surface area contributed by atoms with Crippen molar-refractivity contribution in [2.45, 2.75) is 20.4 Å². The van der Waals surface area contributed by atoms with Crippen LogP contribution in [0.25, 0.3) is 5.69 Å². The smallest absolute Gasteiger partial charge is 0.291 e. The number of para-hydroxylation sites is 1. The Hall–Kier alpha value is -3.02. The fourth-order valence-electron chi connectivity index (χ4n) is 2.28. The number of aryl methyl sites for hydroxylation is 2. The number of carbonyl (C=O) groups is 1. The molecule has 6 nitrogen and oxygen atoms in total. The summed E-state index contributed by atoms with van der Waals surface area (Å²) in [5, 5.41) is 7.14. The molecule has 0 fully saturated rings. The molecule has 6 heteroatoms. The van der Waals surface area contributed by atoms with Crippen LogP contribution in [0.15, 0.2) is 48.8 Å². The molecule has 3 aromatic rings. The molecule has 0 saturated carbocycles. The monoisotopic (exact) mass is 307 g/mol. The van der Waals surface area contributed by atoms with Gasteiger partial charge in [0.2, 0.25) is 5.82 Å². The Labute approximate surface area is 134 Å². The summed E-state index contributed by atoms with van der Waals surface area (Å²) in [7, 11) is 0. The normalized spacial score (nSPS) is 10.5. The summed E-state index contributed by atoms with van der Waals surface area (Å²) in [6.45, 7) is 4.22. The van der Waals surface area contributed by atoms with Crippen molar-refractivity contribution in [2.75, 3.05) is 0 Å². The molecule has 0 spiro atoms. The summed E-state index contributed by atoms with van der Waals surface area (Å²) >= 11 is 0. The predicted octanol–water partition coefficient (Wildman–Crippen LogP) is 2.21. The number of carbonyl (C=O) groups excluding carboxylic acids is 1. The number of benzene rings is 1. The Morgan fingerprint density at radius 1 is 1.17 bits per heavy atom. The van der Waals surface area contributed by atoms with Crippen molar-refractivity contribution in [3.05, 3.63) is 71.6 Å². The van der Waals surface area contributed by atoms with Crippen LogP contribution in [0.3, 0.4) is 0 Å². The average molecular weight is 307 g/mol. The highest BCUT2D eigenvalue weighted by molar-refractivity contribution is 5.90. The molecule has 0 atom stereocenters. The maximum Gasteiger partial charge on any atom is 0.291 e. The number of pyridine rings is 1. The Morgan fingerprint density at radius 2 is 2.00 bits per heavy atom. The second-order valence-electron chi connectivity index (χ2n) is 5.22. The van der Waals surface area contributed by atoms with Crippen LogP contribution in [0.4, 0.5) is 0 Å². The van der Waals surface area contributed by atoms with Crippen molar-refractivity contribution >= 4 is 5.91 Å². The molecular formula is C17H17N5O. The van der Waals surface area contributed by atoms with Gasteiger partial charge in [-0.1, -0.05) is 24.3 Å². The molecule has 0 radical (unpaired) electrons. The summed E-state index contributed by atoms with van der Waals surface area (Å²) in [4.78, 5) is 20.5. The van der Waals surface area contributed by atoms with Crippen molar-refractivity contribution in [2.24, 2.45) is 0 Å². The maximum atomic E-state index is 12.2. The van der Waals surface area contributed by atoms with Crippen molar-refractivity contribution < 1.29 is 4.79 Å². The molecule has 2 heterocycles. The molecule has 1 amide bonds. The Morgan fingerprint density at radius 3 is 2.74 bits per heavy atom. The molecule has 2 aromatic heterocycles. The van der Waals surface area contributed by atoms with Gasteiger partial charge in [0.05, 0.1) is 5.69 Å². The summed E-state index contributed by atoms with van der Waals surface area (Å²) < 4.78 is 1.69. The van der Waals surface area contributed by atoms with E-state index in [0.29, 0.717) is 12.4 Å². The Bertz CT molecular complexity index is 826. The van der Waals surface area contributed by atoms with E-state index in [4.69, 9.17) is 0 Å². The van der Waals surface area contributed by atoms with Gasteiger partial charge in [-0.25, -0.2) is 9.67 Å². The van der Waals surface area contributed by atoms with Gasteiger partial charge in [0.15, 0.2) is 0 Å². The predicted molar refractivity (Wildman–Crippen MR) is 86.2 cm³/mol. The van der Waals surface area contributed by atoms with E-state index in [9.17, 15) is 4.79 Å². The molecule has 0 aliphatic rings. The molecule has 0 bridgehead atoms. The number of hydrogen-bond acceptors (Lipinski definition) is 4. The molecule has 116 valence electrons. The molecule has 0 aliphatic carbocycles. The Kier molecular flexibility index (Phi) is 4.14. The van der Waals surface area contributed by atoms with Crippen LogP contribution in [0, 0.1) is 13.8 Å². The van der Waals surface area contributed by atoms with Gasteiger partial charge in [0.25, 0.3) is 5.91 Å². The van der Waals surface area contributed by atoms with E-state index in [1.807, 2.05) is 50.2 Å². The lowest BCUT2D eigenvalue weighted by Crippen LogP contribution is -2.24. The van der Waals surface area contributed by atoms with E-state index in [1.54, 1.807) is 17.1 Å². The van der Waals surface area contributed by atoms with Crippen LogP contribution in [-0.4, -0.2) is 25.7 Å². The van der Waals surface area contributed by atoms with Gasteiger partial charge in [0.1, 0.15) is 5.82 Å². The van der Waals surface area contributed by atoms with Gasteiger partial charge in [-0.3, -0.25) is 9.78 Å². The number of nitrogens with zero attached hydrogens (tertiary/aromatic N) is 4. The lowest BCUT2D eigenvalue weighted by atomic mass is 10.2. The third-order valence-corrected chi connectivity index (χ3v) is 3.49. The standard InChI is InChI=1S/C17H17N5O/c1-12-6-3-4-8-15(12)22-13(2)20-16(21-22)17(23)19-11-14-7-5-9-18-10-14/h3-10H,11H2,1-2H3,(H,19,23). The fourth-order valence-corrected chi connectivity index (χ4v) is 2.28. The van der Waals surface area contributed by atoms with E-state index in [-0.39, 0.29) is 11.7 Å². The summed E-state index contributed by atoms with van der Waals surface area (Å²) in [5.74, 6) is 0.532. The molecule has 23 heavy (non-hydrogen) atoms. The van der Waals surface area contributed by atoms with E-state index >= 15 is 0 Å². The van der Waals surface area contributed by atoms with Crippen LogP contribution in [0.1, 0.15) is 27.6 Å². The van der Waals surface area contributed by atoms with Crippen LogP contribution >= 0.6 is 0 Å². The number of nitrogens with one attached hydrogen (secondary N) is 1. The number of rotatable bonds is 4. The van der Waals surface area contributed by atoms with E-state index < -0.39 is 0 Å². The first-order chi connectivity index (χ1) is 11.1. The topological polar surface area (TPSA) is 72.7 Å². The third-order valence-electron chi connectivity index (χ3n) is 3.49. The zero-order valence-corrected chi connectivity index (χ0v) is 13.0. The number of aromatic nitrogens is 4. The molecule has 1 aromatic carbocycles. The summed E-state index contributed by atoms with van der Waals surface area (Å²) in [6, 6.07) is 11.6. The first-order valence-electron chi connectivity index (χ1n) is 7.32. The zero-order chi connectivity index (χ0) is 16.2. The van der Waals surface area contributed by atoms with Gasteiger partial charge < -0.3 is 5.32 Å². The molecule has 0 aliphatic heterocycles. The maximum absolute atomic E-state index is 12.2. The highest BCUT2D eigenvalue weighted by atomic mass is 16.2. The highest BCUT2D eigenvalue weighted by Gasteiger charge is 2.15. The first kappa shape index (κ1) is 14.9. The van der Waals surface area contributed by atoms with Gasteiger partial charge in [0, 0.05) is 18.9 Å². The fraction of sp³-hybridized carbons (Fsp3) is 0.176. The molecule has 3 rings (SSSR count). The van der Waals surface area contributed by atoms with Crippen LogP contribution in [0.2, 0.25) is 0 Å². The lowest BCUT2D eigenvalue weighted by Gasteiger charge is -2.05. The molecule has 0 saturated heterocycles. The quantitative estimate of drug-likeness (QED) is 0.802. The van der Waals surface area contributed by atoms with Crippen molar-refractivity contribution in [1.29, 1.82) is 0 Å². The van der Waals surface area contributed by atoms with Crippen molar-refractivity contribution in [3.8, 4) is 5.69 Å². The number of amides is 1. The molecule has 0 unspecified atom stereocenters. The van der Waals surface area contributed by atoms with Crippen molar-refractivity contribution in [1.82, 2.24) is 25.1 Å². The van der Waals surface area contributed by atoms with Gasteiger partial charge >= 0.3 is 0 Å². The van der Waals surface area contributed by atoms with Crippen molar-refractivity contribution in [3.63, 3.8) is 0 Å². The van der Waals surface area contributed by atoms with Crippen LogP contribution in [0.5, 0.6) is 0 Å². The average Bonchev–Trinajstić information content (AvgIpc) is 2.96. The largest absolute Gasteiger partial charge is 0.345 e. The summed E-state index contributed by atoms with van der Waals surface area (Å²) in [5.41, 5.74) is 2.92. The van der Waals surface area contributed by atoms with E-state index in [0.717, 1.165) is 16.8 Å².